The van der Waals surface area contributed by atoms with Crippen molar-refractivity contribution in [2.24, 2.45) is 0 Å². The summed E-state index contributed by atoms with van der Waals surface area (Å²) in [6.07, 6.45) is -0.604. The zero-order valence-electron chi connectivity index (χ0n) is 13.3. The van der Waals surface area contributed by atoms with Gasteiger partial charge in [-0.3, -0.25) is 4.79 Å². The first-order valence-electron chi connectivity index (χ1n) is 7.18. The minimum Gasteiger partial charge on any atom is -0.497 e. The van der Waals surface area contributed by atoms with Crippen molar-refractivity contribution >= 4 is 11.6 Å². The summed E-state index contributed by atoms with van der Waals surface area (Å²) in [6.45, 7) is 5.72. The lowest BCUT2D eigenvalue weighted by molar-refractivity contribution is -0.122. The Balaban J connectivity index is 2.02. The normalized spacial score (nSPS) is 11.6. The minimum absolute atomic E-state index is 0.187. The summed E-state index contributed by atoms with van der Waals surface area (Å²) in [7, 11) is 1.59. The average Bonchev–Trinajstić information content (AvgIpc) is 2.46. The van der Waals surface area contributed by atoms with Crippen molar-refractivity contribution in [3.05, 3.63) is 53.6 Å². The highest BCUT2D eigenvalue weighted by atomic mass is 16.5. The van der Waals surface area contributed by atoms with E-state index in [-0.39, 0.29) is 5.91 Å². The molecule has 0 saturated heterocycles. The molecule has 0 spiro atoms. The Hall–Kier alpha value is -2.49. The molecule has 0 saturated carbocycles. The van der Waals surface area contributed by atoms with Gasteiger partial charge in [0.2, 0.25) is 0 Å². The van der Waals surface area contributed by atoms with Gasteiger partial charge in [-0.25, -0.2) is 0 Å². The van der Waals surface area contributed by atoms with Crippen molar-refractivity contribution in [3.8, 4) is 11.5 Å². The minimum atomic E-state index is -0.604. The Morgan fingerprint density at radius 1 is 1.05 bits per heavy atom. The van der Waals surface area contributed by atoms with Crippen molar-refractivity contribution in [1.29, 1.82) is 0 Å². The maximum Gasteiger partial charge on any atom is 0.265 e. The van der Waals surface area contributed by atoms with Gasteiger partial charge in [0.25, 0.3) is 5.91 Å². The van der Waals surface area contributed by atoms with Crippen LogP contribution in [-0.2, 0) is 4.79 Å². The molecule has 0 fully saturated rings. The monoisotopic (exact) mass is 299 g/mol. The summed E-state index contributed by atoms with van der Waals surface area (Å²) in [5.74, 6) is 1.11. The topological polar surface area (TPSA) is 47.6 Å². The number of amides is 1. The molecule has 0 aliphatic heterocycles. The molecule has 1 atom stereocenters. The molecule has 2 aromatic carbocycles. The first-order valence-corrected chi connectivity index (χ1v) is 7.18. The van der Waals surface area contributed by atoms with Gasteiger partial charge in [0.15, 0.2) is 6.10 Å². The second-order valence-electron chi connectivity index (χ2n) is 5.30. The number of nitrogens with one attached hydrogen (secondary N) is 1. The molecular formula is C18H21NO3. The van der Waals surface area contributed by atoms with E-state index in [1.54, 1.807) is 26.2 Å². The van der Waals surface area contributed by atoms with E-state index in [1.807, 2.05) is 38.1 Å². The summed E-state index contributed by atoms with van der Waals surface area (Å²) in [6, 6.07) is 13.1. The summed E-state index contributed by atoms with van der Waals surface area (Å²) >= 11 is 0. The first kappa shape index (κ1) is 15.9. The van der Waals surface area contributed by atoms with E-state index in [4.69, 9.17) is 9.47 Å². The fourth-order valence-corrected chi connectivity index (χ4v) is 2.22. The summed E-state index contributed by atoms with van der Waals surface area (Å²) in [5.41, 5.74) is 3.00. The third kappa shape index (κ3) is 4.25. The number of aryl methyl sites for hydroxylation is 2. The molecule has 0 bridgehead atoms. The number of carbonyl (C=O) groups excluding carboxylic acids is 1. The van der Waals surface area contributed by atoms with Crippen LogP contribution in [0, 0.1) is 13.8 Å². The fourth-order valence-electron chi connectivity index (χ4n) is 2.22. The maximum atomic E-state index is 12.2. The third-order valence-electron chi connectivity index (χ3n) is 3.21. The highest BCUT2D eigenvalue weighted by Gasteiger charge is 2.15. The molecule has 0 aromatic heterocycles. The van der Waals surface area contributed by atoms with Crippen molar-refractivity contribution in [3.63, 3.8) is 0 Å². The van der Waals surface area contributed by atoms with Crippen molar-refractivity contribution in [2.45, 2.75) is 26.9 Å². The second-order valence-corrected chi connectivity index (χ2v) is 5.30. The van der Waals surface area contributed by atoms with Crippen LogP contribution in [0.1, 0.15) is 18.1 Å². The maximum absolute atomic E-state index is 12.2. The third-order valence-corrected chi connectivity index (χ3v) is 3.21. The van der Waals surface area contributed by atoms with Gasteiger partial charge >= 0.3 is 0 Å². The van der Waals surface area contributed by atoms with Gasteiger partial charge in [0.1, 0.15) is 11.5 Å². The second kappa shape index (κ2) is 6.98. The predicted molar refractivity (Wildman–Crippen MR) is 87.6 cm³/mol. The van der Waals surface area contributed by atoms with Crippen LogP contribution in [0.3, 0.4) is 0 Å². The Morgan fingerprint density at radius 3 is 2.32 bits per heavy atom. The number of ether oxygens (including phenoxy) is 2. The number of carbonyl (C=O) groups is 1. The van der Waals surface area contributed by atoms with E-state index in [9.17, 15) is 4.79 Å². The Morgan fingerprint density at radius 2 is 1.68 bits per heavy atom. The molecule has 0 aliphatic rings. The average molecular weight is 299 g/mol. The zero-order chi connectivity index (χ0) is 16.1. The van der Waals surface area contributed by atoms with E-state index in [0.717, 1.165) is 16.8 Å². The number of methoxy groups -OCH3 is 1. The van der Waals surface area contributed by atoms with E-state index in [1.165, 1.54) is 0 Å². The van der Waals surface area contributed by atoms with Crippen LogP contribution in [0.5, 0.6) is 11.5 Å². The highest BCUT2D eigenvalue weighted by molar-refractivity contribution is 5.94. The van der Waals surface area contributed by atoms with Gasteiger partial charge < -0.3 is 14.8 Å². The molecule has 0 radical (unpaired) electrons. The van der Waals surface area contributed by atoms with Crippen LogP contribution in [0.25, 0.3) is 0 Å². The molecule has 22 heavy (non-hydrogen) atoms. The molecule has 1 amide bonds. The van der Waals surface area contributed by atoms with Crippen LogP contribution in [-0.4, -0.2) is 19.1 Å². The van der Waals surface area contributed by atoms with Crippen molar-refractivity contribution in [1.82, 2.24) is 0 Å². The highest BCUT2D eigenvalue weighted by Crippen LogP contribution is 2.20. The van der Waals surface area contributed by atoms with E-state index in [0.29, 0.717) is 11.5 Å². The first-order chi connectivity index (χ1) is 10.5. The Labute approximate surface area is 131 Å². The molecule has 2 aromatic rings. The lowest BCUT2D eigenvalue weighted by Gasteiger charge is -2.15. The molecule has 4 nitrogen and oxygen atoms in total. The molecule has 4 heteroatoms. The molecule has 1 N–H and O–H groups in total. The van der Waals surface area contributed by atoms with Gasteiger partial charge in [0.05, 0.1) is 7.11 Å². The predicted octanol–water partition coefficient (Wildman–Crippen LogP) is 3.72. The number of anilines is 1. The van der Waals surface area contributed by atoms with Crippen molar-refractivity contribution < 1.29 is 14.3 Å². The van der Waals surface area contributed by atoms with Gasteiger partial charge in [-0.1, -0.05) is 12.1 Å². The van der Waals surface area contributed by atoms with Gasteiger partial charge in [-0.2, -0.15) is 0 Å². The summed E-state index contributed by atoms with van der Waals surface area (Å²) < 4.78 is 10.8. The molecule has 116 valence electrons. The molecule has 0 aliphatic carbocycles. The summed E-state index contributed by atoms with van der Waals surface area (Å²) in [5, 5.41) is 2.88. The molecule has 0 heterocycles. The van der Waals surface area contributed by atoms with Crippen LogP contribution in [0.15, 0.2) is 42.5 Å². The van der Waals surface area contributed by atoms with E-state index in [2.05, 4.69) is 11.4 Å². The molecule has 0 unspecified atom stereocenters. The quantitative estimate of drug-likeness (QED) is 0.915. The molecular weight excluding hydrogens is 278 g/mol. The van der Waals surface area contributed by atoms with Crippen LogP contribution in [0.4, 0.5) is 5.69 Å². The lowest BCUT2D eigenvalue weighted by atomic mass is 10.1. The number of rotatable bonds is 5. The van der Waals surface area contributed by atoms with Crippen molar-refractivity contribution in [2.75, 3.05) is 12.4 Å². The standard InChI is InChI=1S/C18H21NO3/c1-12-8-13(2)10-15(9-12)19-18(20)14(3)22-17-7-5-6-16(11-17)21-4/h5-11,14H,1-4H3,(H,19,20)/t14-/m0/s1. The van der Waals surface area contributed by atoms with Gasteiger partial charge in [-0.05, 0) is 56.2 Å². The van der Waals surface area contributed by atoms with Crippen LogP contribution in [0.2, 0.25) is 0 Å². The zero-order valence-corrected chi connectivity index (χ0v) is 13.3. The lowest BCUT2D eigenvalue weighted by Crippen LogP contribution is -2.30. The van der Waals surface area contributed by atoms with E-state index >= 15 is 0 Å². The number of benzene rings is 2. The van der Waals surface area contributed by atoms with Crippen LogP contribution < -0.4 is 14.8 Å². The Kier molecular flexibility index (Phi) is 5.04. The molecule has 2 rings (SSSR count). The summed E-state index contributed by atoms with van der Waals surface area (Å²) in [4.78, 5) is 12.2. The number of hydrogen-bond acceptors (Lipinski definition) is 3. The van der Waals surface area contributed by atoms with Crippen LogP contribution >= 0.6 is 0 Å². The SMILES string of the molecule is COc1cccc(O[C@@H](C)C(=O)Nc2cc(C)cc(C)c2)c1. The fraction of sp³-hybridized carbons (Fsp3) is 0.278. The van der Waals surface area contributed by atoms with E-state index < -0.39 is 6.10 Å². The number of hydrogen-bond donors (Lipinski definition) is 1. The largest absolute Gasteiger partial charge is 0.497 e. The van der Waals surface area contributed by atoms with Gasteiger partial charge in [-0.15, -0.1) is 0 Å². The van der Waals surface area contributed by atoms with Gasteiger partial charge in [0, 0.05) is 11.8 Å². The smallest absolute Gasteiger partial charge is 0.265 e. The Bertz CT molecular complexity index is 647.